The number of aryl methyl sites for hydroxylation is 1. The lowest BCUT2D eigenvalue weighted by molar-refractivity contribution is 0.0775. The Bertz CT molecular complexity index is 575. The maximum atomic E-state index is 13.1. The lowest BCUT2D eigenvalue weighted by atomic mass is 9.99. The maximum Gasteiger partial charge on any atom is 0.123 e. The Labute approximate surface area is 123 Å². The van der Waals surface area contributed by atoms with Gasteiger partial charge in [-0.25, -0.2) is 4.39 Å². The third-order valence-corrected chi connectivity index (χ3v) is 4.01. The quantitative estimate of drug-likeness (QED) is 0.890. The number of hydrogen-bond donors (Lipinski definition) is 2. The number of ether oxygens (including phenoxy) is 1. The highest BCUT2D eigenvalue weighted by molar-refractivity contribution is 5.22. The third kappa shape index (κ3) is 3.31. The van der Waals surface area contributed by atoms with Crippen LogP contribution in [-0.4, -0.2) is 22.9 Å². The first-order valence-electron chi connectivity index (χ1n) is 7.33. The minimum atomic E-state index is -0.212. The van der Waals surface area contributed by atoms with Crippen LogP contribution in [0.2, 0.25) is 0 Å². The minimum Gasteiger partial charge on any atom is -0.376 e. The molecule has 0 aliphatic carbocycles. The van der Waals surface area contributed by atoms with Gasteiger partial charge in [0.05, 0.1) is 18.3 Å². The number of nitrogens with zero attached hydrogens (tertiary/aromatic N) is 1. The van der Waals surface area contributed by atoms with E-state index in [1.165, 1.54) is 12.1 Å². The molecule has 1 aliphatic heterocycles. The van der Waals surface area contributed by atoms with Gasteiger partial charge in [-0.15, -0.1) is 0 Å². The highest BCUT2D eigenvalue weighted by atomic mass is 19.1. The van der Waals surface area contributed by atoms with E-state index in [2.05, 4.69) is 15.5 Å². The highest BCUT2D eigenvalue weighted by Crippen LogP contribution is 2.27. The van der Waals surface area contributed by atoms with E-state index in [1.54, 1.807) is 0 Å². The normalized spacial score (nSPS) is 19.8. The van der Waals surface area contributed by atoms with Crippen molar-refractivity contribution >= 4 is 0 Å². The Morgan fingerprint density at radius 3 is 2.86 bits per heavy atom. The number of hydrogen-bond acceptors (Lipinski definition) is 3. The minimum absolute atomic E-state index is 0.0717. The van der Waals surface area contributed by atoms with Crippen molar-refractivity contribution in [1.29, 1.82) is 0 Å². The monoisotopic (exact) mass is 289 g/mol. The molecule has 1 aliphatic rings. The summed E-state index contributed by atoms with van der Waals surface area (Å²) < 4.78 is 18.9. The Kier molecular flexibility index (Phi) is 4.31. The van der Waals surface area contributed by atoms with Crippen molar-refractivity contribution < 1.29 is 9.13 Å². The fourth-order valence-electron chi connectivity index (χ4n) is 2.77. The summed E-state index contributed by atoms with van der Waals surface area (Å²) in [5, 5.41) is 10.5. The SMILES string of the molecule is Cc1[nH]ncc1CN[C@@H](c1ccc(F)cc1)[C@H]1CCCO1. The van der Waals surface area contributed by atoms with Gasteiger partial charge in [0, 0.05) is 24.4 Å². The molecule has 1 fully saturated rings. The first-order valence-corrected chi connectivity index (χ1v) is 7.33. The number of rotatable bonds is 5. The van der Waals surface area contributed by atoms with Gasteiger partial charge in [0.2, 0.25) is 0 Å². The molecule has 1 aromatic carbocycles. The zero-order valence-corrected chi connectivity index (χ0v) is 12.1. The van der Waals surface area contributed by atoms with Gasteiger partial charge in [-0.1, -0.05) is 12.1 Å². The fraction of sp³-hybridized carbons (Fsp3) is 0.438. The molecule has 4 nitrogen and oxygen atoms in total. The number of benzene rings is 1. The molecule has 2 heterocycles. The molecule has 3 rings (SSSR count). The third-order valence-electron chi connectivity index (χ3n) is 4.01. The number of aromatic amines is 1. The number of halogens is 1. The molecule has 2 N–H and O–H groups in total. The molecule has 1 saturated heterocycles. The van der Waals surface area contributed by atoms with E-state index in [0.29, 0.717) is 6.54 Å². The molecule has 0 spiro atoms. The molecule has 2 aromatic rings. The van der Waals surface area contributed by atoms with Gasteiger partial charge in [-0.2, -0.15) is 5.10 Å². The van der Waals surface area contributed by atoms with Gasteiger partial charge in [0.25, 0.3) is 0 Å². The predicted molar refractivity (Wildman–Crippen MR) is 78.3 cm³/mol. The standard InChI is InChI=1S/C16H20FN3O/c1-11-13(10-19-20-11)9-18-16(15-3-2-8-21-15)12-4-6-14(17)7-5-12/h4-7,10,15-16,18H,2-3,8-9H2,1H3,(H,19,20)/t15-,16+/m1/s1. The zero-order valence-electron chi connectivity index (χ0n) is 12.1. The molecular weight excluding hydrogens is 269 g/mol. The van der Waals surface area contributed by atoms with Crippen LogP contribution in [-0.2, 0) is 11.3 Å². The van der Waals surface area contributed by atoms with E-state index in [1.807, 2.05) is 25.3 Å². The summed E-state index contributed by atoms with van der Waals surface area (Å²) in [6, 6.07) is 6.74. The first kappa shape index (κ1) is 14.2. The summed E-state index contributed by atoms with van der Waals surface area (Å²) in [5.41, 5.74) is 3.26. The van der Waals surface area contributed by atoms with Gasteiger partial charge >= 0.3 is 0 Å². The van der Waals surface area contributed by atoms with Crippen molar-refractivity contribution in [2.24, 2.45) is 0 Å². The molecule has 5 heteroatoms. The van der Waals surface area contributed by atoms with E-state index < -0.39 is 0 Å². The summed E-state index contributed by atoms with van der Waals surface area (Å²) >= 11 is 0. The van der Waals surface area contributed by atoms with Crippen molar-refractivity contribution in [3.63, 3.8) is 0 Å². The fourth-order valence-corrected chi connectivity index (χ4v) is 2.77. The van der Waals surface area contributed by atoms with Crippen LogP contribution >= 0.6 is 0 Å². The summed E-state index contributed by atoms with van der Waals surface area (Å²) in [6.45, 7) is 3.52. The van der Waals surface area contributed by atoms with Gasteiger partial charge in [-0.05, 0) is 37.5 Å². The van der Waals surface area contributed by atoms with E-state index in [9.17, 15) is 4.39 Å². The Balaban J connectivity index is 1.75. The number of H-pyrrole nitrogens is 1. The second-order valence-corrected chi connectivity index (χ2v) is 5.48. The van der Waals surface area contributed by atoms with Gasteiger partial charge in [-0.3, -0.25) is 5.10 Å². The average Bonchev–Trinajstić information content (AvgIpc) is 3.13. The molecule has 112 valence electrons. The first-order chi connectivity index (χ1) is 10.2. The molecule has 0 unspecified atom stereocenters. The second kappa shape index (κ2) is 6.37. The van der Waals surface area contributed by atoms with E-state index in [4.69, 9.17) is 4.74 Å². The molecule has 2 atom stereocenters. The van der Waals surface area contributed by atoms with Crippen LogP contribution in [0.3, 0.4) is 0 Å². The van der Waals surface area contributed by atoms with Crippen LogP contribution in [0.1, 0.15) is 35.7 Å². The van der Waals surface area contributed by atoms with Gasteiger partial charge in [0.15, 0.2) is 0 Å². The van der Waals surface area contributed by atoms with Crippen LogP contribution in [0.15, 0.2) is 30.5 Å². The van der Waals surface area contributed by atoms with E-state index >= 15 is 0 Å². The maximum absolute atomic E-state index is 13.1. The smallest absolute Gasteiger partial charge is 0.123 e. The Morgan fingerprint density at radius 2 is 2.24 bits per heavy atom. The topological polar surface area (TPSA) is 49.9 Å². The summed E-state index contributed by atoms with van der Waals surface area (Å²) in [5.74, 6) is -0.212. The lowest BCUT2D eigenvalue weighted by Gasteiger charge is -2.25. The molecule has 1 aromatic heterocycles. The van der Waals surface area contributed by atoms with Gasteiger partial charge in [0.1, 0.15) is 5.82 Å². The van der Waals surface area contributed by atoms with Crippen LogP contribution < -0.4 is 5.32 Å². The average molecular weight is 289 g/mol. The largest absolute Gasteiger partial charge is 0.376 e. The van der Waals surface area contributed by atoms with Crippen LogP contribution in [0.5, 0.6) is 0 Å². The van der Waals surface area contributed by atoms with Crippen molar-refractivity contribution in [3.8, 4) is 0 Å². The molecule has 21 heavy (non-hydrogen) atoms. The Hall–Kier alpha value is -1.72. The van der Waals surface area contributed by atoms with Crippen molar-refractivity contribution in [3.05, 3.63) is 53.1 Å². The van der Waals surface area contributed by atoms with Crippen molar-refractivity contribution in [2.45, 2.75) is 38.5 Å². The van der Waals surface area contributed by atoms with Crippen LogP contribution in [0.4, 0.5) is 4.39 Å². The highest BCUT2D eigenvalue weighted by Gasteiger charge is 2.27. The summed E-state index contributed by atoms with van der Waals surface area (Å²) in [4.78, 5) is 0. The van der Waals surface area contributed by atoms with Crippen LogP contribution in [0, 0.1) is 12.7 Å². The number of nitrogens with one attached hydrogen (secondary N) is 2. The van der Waals surface area contributed by atoms with E-state index in [0.717, 1.165) is 36.3 Å². The molecular formula is C16H20FN3O. The van der Waals surface area contributed by atoms with E-state index in [-0.39, 0.29) is 18.0 Å². The number of aromatic nitrogens is 2. The summed E-state index contributed by atoms with van der Waals surface area (Å²) in [7, 11) is 0. The van der Waals surface area contributed by atoms with Gasteiger partial charge < -0.3 is 10.1 Å². The Morgan fingerprint density at radius 1 is 1.43 bits per heavy atom. The summed E-state index contributed by atoms with van der Waals surface area (Å²) in [6.07, 6.45) is 4.08. The second-order valence-electron chi connectivity index (χ2n) is 5.48. The lowest BCUT2D eigenvalue weighted by Crippen LogP contribution is -2.31. The van der Waals surface area contributed by atoms with Crippen LogP contribution in [0.25, 0.3) is 0 Å². The zero-order chi connectivity index (χ0) is 14.7. The van der Waals surface area contributed by atoms with Crippen molar-refractivity contribution in [1.82, 2.24) is 15.5 Å². The molecule has 0 bridgehead atoms. The molecule has 0 radical (unpaired) electrons. The molecule has 0 amide bonds. The predicted octanol–water partition coefficient (Wildman–Crippen LogP) is 2.87. The molecule has 0 saturated carbocycles. The van der Waals surface area contributed by atoms with Crippen molar-refractivity contribution in [2.75, 3.05) is 6.61 Å².